The number of esters is 1. The van der Waals surface area contributed by atoms with Gasteiger partial charge in [-0.2, -0.15) is 0 Å². The van der Waals surface area contributed by atoms with Gasteiger partial charge >= 0.3 is 5.97 Å². The number of nitrogens with one attached hydrogen (secondary N) is 1. The summed E-state index contributed by atoms with van der Waals surface area (Å²) in [5, 5.41) is 2.64. The average molecular weight is 305 g/mol. The molecular weight excluding hydrogens is 282 g/mol. The molecule has 0 fully saturated rings. The highest BCUT2D eigenvalue weighted by atomic mass is 16.5. The molecule has 0 aromatic heterocycles. The second-order valence-corrected chi connectivity index (χ2v) is 5.51. The summed E-state index contributed by atoms with van der Waals surface area (Å²) in [6.45, 7) is 5.34. The van der Waals surface area contributed by atoms with Crippen molar-refractivity contribution >= 4 is 17.7 Å². The molecule has 1 aromatic carbocycles. The fourth-order valence-corrected chi connectivity index (χ4v) is 1.99. The summed E-state index contributed by atoms with van der Waals surface area (Å²) in [6, 6.07) is 7.22. The van der Waals surface area contributed by atoms with Crippen molar-refractivity contribution < 1.29 is 19.1 Å². The van der Waals surface area contributed by atoms with Crippen molar-refractivity contribution in [3.05, 3.63) is 35.4 Å². The van der Waals surface area contributed by atoms with Gasteiger partial charge in [-0.3, -0.25) is 9.59 Å². The first kappa shape index (κ1) is 17.9. The number of methoxy groups -OCH3 is 1. The third-order valence-electron chi connectivity index (χ3n) is 3.71. The lowest BCUT2D eigenvalue weighted by Gasteiger charge is -2.26. The van der Waals surface area contributed by atoms with E-state index in [1.54, 1.807) is 26.0 Å². The quantitative estimate of drug-likeness (QED) is 0.620. The number of hydrogen-bond acceptors (Lipinski definition) is 4. The van der Waals surface area contributed by atoms with E-state index in [9.17, 15) is 14.4 Å². The number of ether oxygens (including phenoxy) is 1. The zero-order chi connectivity index (χ0) is 16.8. The molecule has 1 aromatic rings. The lowest BCUT2D eigenvalue weighted by atomic mass is 9.98. The molecule has 5 heteroatoms. The van der Waals surface area contributed by atoms with Crippen LogP contribution in [-0.2, 0) is 14.3 Å². The molecule has 1 rings (SSSR count). The molecule has 0 aliphatic carbocycles. The smallest absolute Gasteiger partial charge is 0.331 e. The largest absolute Gasteiger partial charge is 0.467 e. The third kappa shape index (κ3) is 4.69. The Labute approximate surface area is 131 Å². The van der Waals surface area contributed by atoms with Crippen LogP contribution in [0.5, 0.6) is 0 Å². The number of amides is 1. The van der Waals surface area contributed by atoms with Crippen LogP contribution in [0.3, 0.4) is 0 Å². The van der Waals surface area contributed by atoms with Crippen molar-refractivity contribution in [3.8, 4) is 0 Å². The number of benzene rings is 1. The van der Waals surface area contributed by atoms with E-state index < -0.39 is 11.5 Å². The van der Waals surface area contributed by atoms with Gasteiger partial charge in [0.1, 0.15) is 5.54 Å². The van der Waals surface area contributed by atoms with Gasteiger partial charge in [0.15, 0.2) is 5.78 Å². The van der Waals surface area contributed by atoms with Gasteiger partial charge in [0.25, 0.3) is 0 Å². The summed E-state index contributed by atoms with van der Waals surface area (Å²) >= 11 is 0. The molecular formula is C17H23NO4. The summed E-state index contributed by atoms with van der Waals surface area (Å²) in [6.07, 6.45) is 0.562. The van der Waals surface area contributed by atoms with E-state index in [4.69, 9.17) is 4.74 Å². The highest BCUT2D eigenvalue weighted by Gasteiger charge is 2.33. The molecule has 1 N–H and O–H groups in total. The van der Waals surface area contributed by atoms with E-state index in [1.165, 1.54) is 7.11 Å². The van der Waals surface area contributed by atoms with Crippen molar-refractivity contribution in [3.63, 3.8) is 0 Å². The topological polar surface area (TPSA) is 72.5 Å². The van der Waals surface area contributed by atoms with Crippen LogP contribution in [-0.4, -0.2) is 30.3 Å². The molecule has 0 heterocycles. The zero-order valence-electron chi connectivity index (χ0n) is 13.6. The average Bonchev–Trinajstić information content (AvgIpc) is 2.52. The van der Waals surface area contributed by atoms with E-state index in [-0.39, 0.29) is 24.5 Å². The molecule has 1 amide bonds. The van der Waals surface area contributed by atoms with Gasteiger partial charge in [-0.05, 0) is 20.3 Å². The Morgan fingerprint density at radius 1 is 1.14 bits per heavy atom. The van der Waals surface area contributed by atoms with Crippen molar-refractivity contribution in [2.45, 2.75) is 45.6 Å². The summed E-state index contributed by atoms with van der Waals surface area (Å²) < 4.78 is 4.69. The first-order chi connectivity index (χ1) is 10.3. The fraction of sp³-hybridized carbons (Fsp3) is 0.471. The van der Waals surface area contributed by atoms with Crippen LogP contribution in [0.15, 0.2) is 24.3 Å². The van der Waals surface area contributed by atoms with E-state index in [2.05, 4.69) is 5.32 Å². The van der Waals surface area contributed by atoms with Gasteiger partial charge in [0, 0.05) is 18.4 Å². The van der Waals surface area contributed by atoms with Crippen molar-refractivity contribution in [1.82, 2.24) is 5.32 Å². The SMILES string of the molecule is CCC(C)(NC(=O)CCC(=O)c1ccc(C)cc1)C(=O)OC. The number of rotatable bonds is 7. The molecule has 22 heavy (non-hydrogen) atoms. The zero-order valence-corrected chi connectivity index (χ0v) is 13.6. The van der Waals surface area contributed by atoms with Gasteiger partial charge in [-0.1, -0.05) is 36.8 Å². The van der Waals surface area contributed by atoms with Crippen LogP contribution in [0.2, 0.25) is 0 Å². The molecule has 120 valence electrons. The molecule has 1 unspecified atom stereocenters. The van der Waals surface area contributed by atoms with Crippen molar-refractivity contribution in [2.24, 2.45) is 0 Å². The highest BCUT2D eigenvalue weighted by molar-refractivity contribution is 5.98. The van der Waals surface area contributed by atoms with Crippen LogP contribution in [0.25, 0.3) is 0 Å². The van der Waals surface area contributed by atoms with Crippen molar-refractivity contribution in [1.29, 1.82) is 0 Å². The molecule has 0 saturated carbocycles. The first-order valence-corrected chi connectivity index (χ1v) is 7.31. The Kier molecular flexibility index (Phi) is 6.28. The minimum absolute atomic E-state index is 0.0410. The standard InChI is InChI=1S/C17H23NO4/c1-5-17(3,16(21)22-4)18-15(20)11-10-14(19)13-8-6-12(2)7-9-13/h6-9H,5,10-11H2,1-4H3,(H,18,20). The Morgan fingerprint density at radius 3 is 2.23 bits per heavy atom. The Bertz CT molecular complexity index is 550. The van der Waals surface area contributed by atoms with Gasteiger partial charge < -0.3 is 10.1 Å². The molecule has 0 bridgehead atoms. The van der Waals surface area contributed by atoms with Crippen LogP contribution in [0.1, 0.15) is 49.0 Å². The number of carbonyl (C=O) groups excluding carboxylic acids is 3. The number of aryl methyl sites for hydroxylation is 1. The normalized spacial score (nSPS) is 13.1. The minimum atomic E-state index is -1.06. The summed E-state index contributed by atoms with van der Waals surface area (Å²) in [5.41, 5.74) is 0.606. The predicted octanol–water partition coefficient (Wildman–Crippen LogP) is 2.42. The molecule has 0 radical (unpaired) electrons. The van der Waals surface area contributed by atoms with Crippen molar-refractivity contribution in [2.75, 3.05) is 7.11 Å². The van der Waals surface area contributed by atoms with Crippen LogP contribution in [0.4, 0.5) is 0 Å². The lowest BCUT2D eigenvalue weighted by Crippen LogP contribution is -2.52. The van der Waals surface area contributed by atoms with Gasteiger partial charge in [0.05, 0.1) is 7.11 Å². The lowest BCUT2D eigenvalue weighted by molar-refractivity contribution is -0.150. The molecule has 1 atom stereocenters. The third-order valence-corrected chi connectivity index (χ3v) is 3.71. The van der Waals surface area contributed by atoms with Crippen LogP contribution in [0, 0.1) is 6.92 Å². The Balaban J connectivity index is 2.57. The highest BCUT2D eigenvalue weighted by Crippen LogP contribution is 2.13. The fourth-order valence-electron chi connectivity index (χ4n) is 1.99. The maximum Gasteiger partial charge on any atom is 0.331 e. The molecule has 0 spiro atoms. The second-order valence-electron chi connectivity index (χ2n) is 5.51. The minimum Gasteiger partial charge on any atom is -0.467 e. The Morgan fingerprint density at radius 2 is 1.73 bits per heavy atom. The van der Waals surface area contributed by atoms with Crippen LogP contribution < -0.4 is 5.32 Å². The molecule has 0 saturated heterocycles. The maximum atomic E-state index is 12.0. The van der Waals surface area contributed by atoms with E-state index in [1.807, 2.05) is 19.1 Å². The summed E-state index contributed by atoms with van der Waals surface area (Å²) in [5.74, 6) is -0.921. The monoisotopic (exact) mass is 305 g/mol. The first-order valence-electron chi connectivity index (χ1n) is 7.31. The van der Waals surface area contributed by atoms with Crippen LogP contribution >= 0.6 is 0 Å². The van der Waals surface area contributed by atoms with Gasteiger partial charge in [-0.15, -0.1) is 0 Å². The predicted molar refractivity (Wildman–Crippen MR) is 83.6 cm³/mol. The summed E-state index contributed by atoms with van der Waals surface area (Å²) in [4.78, 5) is 35.7. The number of Topliss-reactive ketones (excluding diaryl/α,β-unsaturated/α-hetero) is 1. The van der Waals surface area contributed by atoms with Gasteiger partial charge in [-0.25, -0.2) is 4.79 Å². The summed E-state index contributed by atoms with van der Waals surface area (Å²) in [7, 11) is 1.28. The second kappa shape index (κ2) is 7.73. The van der Waals surface area contributed by atoms with E-state index >= 15 is 0 Å². The maximum absolute atomic E-state index is 12.0. The Hall–Kier alpha value is -2.17. The molecule has 5 nitrogen and oxygen atoms in total. The number of ketones is 1. The molecule has 0 aliphatic heterocycles. The van der Waals surface area contributed by atoms with E-state index in [0.29, 0.717) is 12.0 Å². The van der Waals surface area contributed by atoms with E-state index in [0.717, 1.165) is 5.56 Å². The van der Waals surface area contributed by atoms with Gasteiger partial charge in [0.2, 0.25) is 5.91 Å². The number of carbonyl (C=O) groups is 3. The number of hydrogen-bond donors (Lipinski definition) is 1. The molecule has 0 aliphatic rings.